The van der Waals surface area contributed by atoms with Crippen molar-refractivity contribution in [3.63, 3.8) is 0 Å². The SMILES string of the molecule is CCC(C)(OC)C(=O)Nc1nc(C)cc(Cl)n1. The fourth-order valence-electron chi connectivity index (χ4n) is 1.22. The van der Waals surface area contributed by atoms with E-state index in [1.54, 1.807) is 19.9 Å². The van der Waals surface area contributed by atoms with E-state index in [9.17, 15) is 4.79 Å². The van der Waals surface area contributed by atoms with Crippen LogP contribution in [0.15, 0.2) is 6.07 Å². The predicted molar refractivity (Wildman–Crippen MR) is 66.1 cm³/mol. The monoisotopic (exact) mass is 257 g/mol. The molecule has 17 heavy (non-hydrogen) atoms. The molecule has 5 nitrogen and oxygen atoms in total. The van der Waals surface area contributed by atoms with Crippen molar-refractivity contribution in [2.75, 3.05) is 12.4 Å². The summed E-state index contributed by atoms with van der Waals surface area (Å²) in [7, 11) is 1.49. The molecule has 1 heterocycles. The predicted octanol–water partition coefficient (Wildman–Crippen LogP) is 2.19. The average Bonchev–Trinajstić information content (AvgIpc) is 2.26. The van der Waals surface area contributed by atoms with Crippen LogP contribution >= 0.6 is 11.6 Å². The normalized spacial score (nSPS) is 14.2. The van der Waals surface area contributed by atoms with Crippen molar-refractivity contribution >= 4 is 23.5 Å². The average molecular weight is 258 g/mol. The van der Waals surface area contributed by atoms with Crippen LogP contribution in [0.2, 0.25) is 5.15 Å². The maximum atomic E-state index is 12.0. The van der Waals surface area contributed by atoms with Gasteiger partial charge in [-0.1, -0.05) is 18.5 Å². The third-order valence-corrected chi connectivity index (χ3v) is 2.85. The van der Waals surface area contributed by atoms with E-state index in [1.165, 1.54) is 7.11 Å². The van der Waals surface area contributed by atoms with Gasteiger partial charge < -0.3 is 4.74 Å². The third-order valence-electron chi connectivity index (χ3n) is 2.65. The second-order valence-electron chi connectivity index (χ2n) is 3.90. The van der Waals surface area contributed by atoms with Gasteiger partial charge in [0, 0.05) is 12.8 Å². The number of hydrogen-bond acceptors (Lipinski definition) is 4. The zero-order valence-corrected chi connectivity index (χ0v) is 11.1. The summed E-state index contributed by atoms with van der Waals surface area (Å²) in [5.41, 5.74) is -0.199. The highest BCUT2D eigenvalue weighted by molar-refractivity contribution is 6.29. The summed E-state index contributed by atoms with van der Waals surface area (Å²) in [5.74, 6) is -0.0964. The molecule has 0 aliphatic rings. The zero-order chi connectivity index (χ0) is 13.1. The molecular weight excluding hydrogens is 242 g/mol. The minimum absolute atomic E-state index is 0.191. The Labute approximate surface area is 106 Å². The van der Waals surface area contributed by atoms with E-state index < -0.39 is 5.60 Å². The summed E-state index contributed by atoms with van der Waals surface area (Å²) in [6.07, 6.45) is 0.550. The number of amides is 1. The summed E-state index contributed by atoms with van der Waals surface area (Å²) in [4.78, 5) is 20.0. The van der Waals surface area contributed by atoms with Crippen molar-refractivity contribution in [2.24, 2.45) is 0 Å². The van der Waals surface area contributed by atoms with Crippen molar-refractivity contribution in [3.05, 3.63) is 16.9 Å². The van der Waals surface area contributed by atoms with Crippen LogP contribution in [-0.4, -0.2) is 28.6 Å². The fraction of sp³-hybridized carbons (Fsp3) is 0.545. The lowest BCUT2D eigenvalue weighted by molar-refractivity contribution is -0.136. The van der Waals surface area contributed by atoms with Gasteiger partial charge in [0.2, 0.25) is 5.95 Å². The van der Waals surface area contributed by atoms with Crippen LogP contribution in [0.25, 0.3) is 0 Å². The summed E-state index contributed by atoms with van der Waals surface area (Å²) < 4.78 is 5.18. The van der Waals surface area contributed by atoms with Crippen LogP contribution in [0, 0.1) is 6.92 Å². The molecule has 6 heteroatoms. The van der Waals surface area contributed by atoms with Gasteiger partial charge in [-0.15, -0.1) is 0 Å². The third kappa shape index (κ3) is 3.38. The number of hydrogen-bond donors (Lipinski definition) is 1. The molecule has 1 rings (SSSR count). The maximum Gasteiger partial charge on any atom is 0.258 e. The second kappa shape index (κ2) is 5.42. The molecule has 94 valence electrons. The van der Waals surface area contributed by atoms with Crippen molar-refractivity contribution in [1.82, 2.24) is 9.97 Å². The number of halogens is 1. The van der Waals surface area contributed by atoms with Crippen LogP contribution in [0.3, 0.4) is 0 Å². The van der Waals surface area contributed by atoms with Crippen LogP contribution in [-0.2, 0) is 9.53 Å². The van der Waals surface area contributed by atoms with E-state index >= 15 is 0 Å². The lowest BCUT2D eigenvalue weighted by atomic mass is 10.0. The molecule has 0 radical (unpaired) electrons. The Morgan fingerprint density at radius 1 is 1.59 bits per heavy atom. The van der Waals surface area contributed by atoms with Gasteiger partial charge in [-0.2, -0.15) is 0 Å². The van der Waals surface area contributed by atoms with Gasteiger partial charge in [-0.25, -0.2) is 9.97 Å². The lowest BCUT2D eigenvalue weighted by Gasteiger charge is -2.24. The quantitative estimate of drug-likeness (QED) is 0.840. The Bertz CT molecular complexity index is 399. The zero-order valence-electron chi connectivity index (χ0n) is 10.4. The number of carbonyl (C=O) groups excluding carboxylic acids is 1. The van der Waals surface area contributed by atoms with Crippen LogP contribution < -0.4 is 5.32 Å². The maximum absolute atomic E-state index is 12.0. The smallest absolute Gasteiger partial charge is 0.258 e. The van der Waals surface area contributed by atoms with Gasteiger partial charge in [0.1, 0.15) is 10.8 Å². The van der Waals surface area contributed by atoms with Gasteiger partial charge >= 0.3 is 0 Å². The van der Waals surface area contributed by atoms with Crippen LogP contribution in [0.5, 0.6) is 0 Å². The highest BCUT2D eigenvalue weighted by Crippen LogP contribution is 2.17. The number of nitrogens with one attached hydrogen (secondary N) is 1. The van der Waals surface area contributed by atoms with Crippen LogP contribution in [0.4, 0.5) is 5.95 Å². The molecule has 0 saturated carbocycles. The summed E-state index contributed by atoms with van der Waals surface area (Å²) >= 11 is 5.78. The van der Waals surface area contributed by atoms with Crippen LogP contribution in [0.1, 0.15) is 26.0 Å². The molecule has 0 aliphatic heterocycles. The molecule has 0 aromatic carbocycles. The van der Waals surface area contributed by atoms with Gasteiger partial charge in [0.25, 0.3) is 5.91 Å². The minimum Gasteiger partial charge on any atom is -0.369 e. The standard InChI is InChI=1S/C11H16ClN3O2/c1-5-11(3,17-4)9(16)15-10-13-7(2)6-8(12)14-10/h6H,5H2,1-4H3,(H,13,14,15,16). The van der Waals surface area contributed by atoms with Gasteiger partial charge in [-0.3, -0.25) is 10.1 Å². The summed E-state index contributed by atoms with van der Waals surface area (Å²) in [6, 6.07) is 1.62. The summed E-state index contributed by atoms with van der Waals surface area (Å²) in [6.45, 7) is 5.35. The Balaban J connectivity index is 2.87. The highest BCUT2D eigenvalue weighted by Gasteiger charge is 2.31. The first-order valence-electron chi connectivity index (χ1n) is 5.29. The first-order chi connectivity index (χ1) is 7.91. The molecule has 1 N–H and O–H groups in total. The first kappa shape index (κ1) is 13.9. The number of ether oxygens (including phenoxy) is 1. The Morgan fingerprint density at radius 3 is 2.71 bits per heavy atom. The fourth-order valence-corrected chi connectivity index (χ4v) is 1.46. The number of rotatable bonds is 4. The molecule has 1 aromatic heterocycles. The molecule has 0 fully saturated rings. The van der Waals surface area contributed by atoms with E-state index in [0.29, 0.717) is 17.3 Å². The number of methoxy groups -OCH3 is 1. The van der Waals surface area contributed by atoms with Crippen molar-refractivity contribution in [2.45, 2.75) is 32.8 Å². The Hall–Kier alpha value is -1.20. The molecule has 1 atom stereocenters. The largest absolute Gasteiger partial charge is 0.369 e. The number of aryl methyl sites for hydroxylation is 1. The number of aromatic nitrogens is 2. The van der Waals surface area contributed by atoms with Gasteiger partial charge in [0.15, 0.2) is 0 Å². The van der Waals surface area contributed by atoms with Crippen molar-refractivity contribution in [3.8, 4) is 0 Å². The molecule has 0 bridgehead atoms. The molecule has 1 aromatic rings. The molecule has 0 saturated heterocycles. The lowest BCUT2D eigenvalue weighted by Crippen LogP contribution is -2.41. The first-order valence-corrected chi connectivity index (χ1v) is 5.67. The molecular formula is C11H16ClN3O2. The van der Waals surface area contributed by atoms with Gasteiger partial charge in [0.05, 0.1) is 0 Å². The Kier molecular flexibility index (Phi) is 4.42. The number of anilines is 1. The van der Waals surface area contributed by atoms with Crippen molar-refractivity contribution < 1.29 is 9.53 Å². The van der Waals surface area contributed by atoms with E-state index in [1.807, 2.05) is 6.92 Å². The van der Waals surface area contributed by atoms with E-state index in [4.69, 9.17) is 16.3 Å². The second-order valence-corrected chi connectivity index (χ2v) is 4.29. The molecule has 1 amide bonds. The molecule has 0 spiro atoms. The molecule has 0 aliphatic carbocycles. The summed E-state index contributed by atoms with van der Waals surface area (Å²) in [5, 5.41) is 2.89. The highest BCUT2D eigenvalue weighted by atomic mass is 35.5. The van der Waals surface area contributed by atoms with E-state index in [-0.39, 0.29) is 11.9 Å². The molecule has 1 unspecified atom stereocenters. The topological polar surface area (TPSA) is 64.1 Å². The van der Waals surface area contributed by atoms with Gasteiger partial charge in [-0.05, 0) is 26.3 Å². The van der Waals surface area contributed by atoms with E-state index in [2.05, 4.69) is 15.3 Å². The number of nitrogens with zero attached hydrogens (tertiary/aromatic N) is 2. The number of carbonyl (C=O) groups is 1. The van der Waals surface area contributed by atoms with E-state index in [0.717, 1.165) is 0 Å². The Morgan fingerprint density at radius 2 is 2.24 bits per heavy atom. The minimum atomic E-state index is -0.889. The van der Waals surface area contributed by atoms with Crippen molar-refractivity contribution in [1.29, 1.82) is 0 Å².